The van der Waals surface area contributed by atoms with E-state index in [2.05, 4.69) is 45.0 Å². The molecule has 1 nitrogen and oxygen atoms in total. The third-order valence-corrected chi connectivity index (χ3v) is 5.87. The molecule has 0 aliphatic carbocycles. The highest BCUT2D eigenvalue weighted by Gasteiger charge is 2.17. The van der Waals surface area contributed by atoms with Gasteiger partial charge in [-0.15, -0.1) is 12.3 Å². The van der Waals surface area contributed by atoms with Crippen molar-refractivity contribution in [1.82, 2.24) is 0 Å². The molecule has 0 aliphatic rings. The minimum absolute atomic E-state index is 0.944. The van der Waals surface area contributed by atoms with Crippen molar-refractivity contribution in [3.05, 3.63) is 12.3 Å². The fourth-order valence-electron chi connectivity index (χ4n) is 1.01. The van der Waals surface area contributed by atoms with Crippen molar-refractivity contribution in [1.29, 1.82) is 0 Å². The predicted octanol–water partition coefficient (Wildman–Crippen LogP) is 3.66. The Morgan fingerprint density at radius 2 is 1.69 bits per heavy atom. The Labute approximate surface area is 85.3 Å². The van der Waals surface area contributed by atoms with Gasteiger partial charge in [-0.05, 0) is 26.1 Å². The van der Waals surface area contributed by atoms with E-state index in [1.807, 2.05) is 0 Å². The lowest BCUT2D eigenvalue weighted by molar-refractivity contribution is 0.310. The van der Waals surface area contributed by atoms with E-state index >= 15 is 0 Å². The molecule has 0 heterocycles. The summed E-state index contributed by atoms with van der Waals surface area (Å²) in [6, 6.07) is 1.31. The largest absolute Gasteiger partial charge is 0.418 e. The number of rotatable bonds is 6. The minimum Gasteiger partial charge on any atom is -0.418 e. The molecule has 0 aromatic carbocycles. The van der Waals surface area contributed by atoms with Crippen LogP contribution in [-0.4, -0.2) is 23.0 Å². The zero-order chi connectivity index (χ0) is 10.5. The van der Waals surface area contributed by atoms with Crippen LogP contribution in [0.1, 0.15) is 6.42 Å². The summed E-state index contributed by atoms with van der Waals surface area (Å²) in [7, 11) is -2.35. The number of hydrogen-bond acceptors (Lipinski definition) is 1. The van der Waals surface area contributed by atoms with E-state index in [0.29, 0.717) is 0 Å². The lowest BCUT2D eigenvalue weighted by Gasteiger charge is -2.20. The van der Waals surface area contributed by atoms with Gasteiger partial charge >= 0.3 is 0 Å². The first-order valence-electron chi connectivity index (χ1n) is 5.04. The molecule has 0 aliphatic heterocycles. The summed E-state index contributed by atoms with van der Waals surface area (Å²) in [5.74, 6) is 0. The monoisotopic (exact) mass is 216 g/mol. The SMILES string of the molecule is C=C[Si](C)(C)CCCO[Si](C)(C)C. The third kappa shape index (κ3) is 8.46. The van der Waals surface area contributed by atoms with E-state index in [4.69, 9.17) is 4.43 Å². The van der Waals surface area contributed by atoms with E-state index in [1.54, 1.807) is 0 Å². The van der Waals surface area contributed by atoms with Crippen LogP contribution in [0, 0.1) is 0 Å². The van der Waals surface area contributed by atoms with Gasteiger partial charge in [0, 0.05) is 6.61 Å². The lowest BCUT2D eigenvalue weighted by atomic mass is 10.5. The van der Waals surface area contributed by atoms with Gasteiger partial charge in [0.15, 0.2) is 8.32 Å². The highest BCUT2D eigenvalue weighted by atomic mass is 28.4. The Morgan fingerprint density at radius 3 is 2.08 bits per heavy atom. The highest BCUT2D eigenvalue weighted by Crippen LogP contribution is 2.13. The summed E-state index contributed by atoms with van der Waals surface area (Å²) in [5, 5.41) is 0. The van der Waals surface area contributed by atoms with Crippen LogP contribution < -0.4 is 0 Å². The second-order valence-corrected chi connectivity index (χ2v) is 14.7. The Morgan fingerprint density at radius 1 is 1.15 bits per heavy atom. The summed E-state index contributed by atoms with van der Waals surface area (Å²) in [5.41, 5.74) is 2.17. The summed E-state index contributed by atoms with van der Waals surface area (Å²) in [6.07, 6.45) is 1.20. The summed E-state index contributed by atoms with van der Waals surface area (Å²) in [6.45, 7) is 16.3. The highest BCUT2D eigenvalue weighted by molar-refractivity contribution is 6.82. The topological polar surface area (TPSA) is 9.23 Å². The molecule has 0 saturated carbocycles. The minimum atomic E-state index is -1.27. The van der Waals surface area contributed by atoms with Crippen molar-refractivity contribution < 1.29 is 4.43 Å². The molecule has 0 fully saturated rings. The molecule has 0 unspecified atom stereocenters. The molecule has 13 heavy (non-hydrogen) atoms. The second kappa shape index (κ2) is 5.12. The third-order valence-electron chi connectivity index (χ3n) is 2.05. The van der Waals surface area contributed by atoms with Crippen LogP contribution in [0.15, 0.2) is 12.3 Å². The maximum absolute atomic E-state index is 5.80. The molecule has 0 aromatic heterocycles. The van der Waals surface area contributed by atoms with Crippen LogP contribution in [0.2, 0.25) is 38.8 Å². The lowest BCUT2D eigenvalue weighted by Crippen LogP contribution is -2.27. The molecular weight excluding hydrogens is 192 g/mol. The standard InChI is InChI=1S/C10H24OSi2/c1-7-13(5,6)10-8-9-11-12(2,3)4/h7H,1,8-10H2,2-6H3. The first-order chi connectivity index (χ1) is 5.77. The summed E-state index contributed by atoms with van der Waals surface area (Å²) in [4.78, 5) is 0. The van der Waals surface area contributed by atoms with E-state index in [-0.39, 0.29) is 0 Å². The van der Waals surface area contributed by atoms with Crippen molar-refractivity contribution in [2.45, 2.75) is 45.2 Å². The molecule has 78 valence electrons. The summed E-state index contributed by atoms with van der Waals surface area (Å²) >= 11 is 0. The molecule has 3 heteroatoms. The fraction of sp³-hybridized carbons (Fsp3) is 0.800. The van der Waals surface area contributed by atoms with Gasteiger partial charge in [0.1, 0.15) is 0 Å². The second-order valence-electron chi connectivity index (χ2n) is 5.26. The molecule has 0 N–H and O–H groups in total. The van der Waals surface area contributed by atoms with Crippen LogP contribution >= 0.6 is 0 Å². The van der Waals surface area contributed by atoms with Gasteiger partial charge in [0.05, 0.1) is 8.07 Å². The molecule has 0 amide bonds. The number of hydrogen-bond donors (Lipinski definition) is 0. The van der Waals surface area contributed by atoms with Crippen LogP contribution in [0.5, 0.6) is 0 Å². The van der Waals surface area contributed by atoms with E-state index < -0.39 is 16.4 Å². The van der Waals surface area contributed by atoms with E-state index in [1.165, 1.54) is 12.5 Å². The van der Waals surface area contributed by atoms with Crippen LogP contribution in [0.25, 0.3) is 0 Å². The fourth-order valence-corrected chi connectivity index (χ4v) is 3.02. The smallest absolute Gasteiger partial charge is 0.183 e. The Kier molecular flexibility index (Phi) is 5.18. The van der Waals surface area contributed by atoms with Crippen molar-refractivity contribution in [3.63, 3.8) is 0 Å². The van der Waals surface area contributed by atoms with Gasteiger partial charge in [-0.1, -0.05) is 19.1 Å². The van der Waals surface area contributed by atoms with Gasteiger partial charge in [-0.3, -0.25) is 0 Å². The Hall–Kier alpha value is 0.134. The normalized spacial score (nSPS) is 13.0. The average Bonchev–Trinajstić information content (AvgIpc) is 1.97. The molecule has 0 spiro atoms. The molecule has 0 rings (SSSR count). The molecular formula is C10H24OSi2. The van der Waals surface area contributed by atoms with Crippen LogP contribution in [0.4, 0.5) is 0 Å². The van der Waals surface area contributed by atoms with Gasteiger partial charge in [-0.2, -0.15) is 0 Å². The quantitative estimate of drug-likeness (QED) is 0.486. The van der Waals surface area contributed by atoms with Gasteiger partial charge in [0.25, 0.3) is 0 Å². The Balaban J connectivity index is 3.52. The molecule has 0 bridgehead atoms. The molecule has 0 radical (unpaired) electrons. The molecule has 0 aromatic rings. The first kappa shape index (κ1) is 13.1. The van der Waals surface area contributed by atoms with Crippen molar-refractivity contribution >= 4 is 16.4 Å². The first-order valence-corrected chi connectivity index (χ1v) is 11.7. The zero-order valence-electron chi connectivity index (χ0n) is 9.81. The zero-order valence-corrected chi connectivity index (χ0v) is 11.8. The van der Waals surface area contributed by atoms with Crippen molar-refractivity contribution in [2.75, 3.05) is 6.61 Å². The maximum atomic E-state index is 5.80. The van der Waals surface area contributed by atoms with E-state index in [0.717, 1.165) is 6.61 Å². The molecule has 0 atom stereocenters. The van der Waals surface area contributed by atoms with Crippen LogP contribution in [-0.2, 0) is 4.43 Å². The van der Waals surface area contributed by atoms with Crippen molar-refractivity contribution in [2.24, 2.45) is 0 Å². The van der Waals surface area contributed by atoms with Crippen molar-refractivity contribution in [3.8, 4) is 0 Å². The van der Waals surface area contributed by atoms with Gasteiger partial charge < -0.3 is 4.43 Å². The van der Waals surface area contributed by atoms with Gasteiger partial charge in [-0.25, -0.2) is 0 Å². The van der Waals surface area contributed by atoms with E-state index in [9.17, 15) is 0 Å². The van der Waals surface area contributed by atoms with Crippen LogP contribution in [0.3, 0.4) is 0 Å². The predicted molar refractivity (Wildman–Crippen MR) is 66.4 cm³/mol. The van der Waals surface area contributed by atoms with Gasteiger partial charge in [0.2, 0.25) is 0 Å². The Bertz CT molecular complexity index is 159. The molecule has 0 saturated heterocycles. The summed E-state index contributed by atoms with van der Waals surface area (Å²) < 4.78 is 5.80. The average molecular weight is 216 g/mol. The maximum Gasteiger partial charge on any atom is 0.183 e.